The second-order valence-corrected chi connectivity index (χ2v) is 6.77. The van der Waals surface area contributed by atoms with Gasteiger partial charge < -0.3 is 14.5 Å². The van der Waals surface area contributed by atoms with Crippen LogP contribution in [0.5, 0.6) is 0 Å². The first-order valence-electron chi connectivity index (χ1n) is 7.20. The van der Waals surface area contributed by atoms with E-state index in [0.717, 1.165) is 19.3 Å². The van der Waals surface area contributed by atoms with E-state index in [1.54, 1.807) is 18.0 Å². The highest BCUT2D eigenvalue weighted by Crippen LogP contribution is 2.27. The van der Waals surface area contributed by atoms with Crippen LogP contribution < -0.4 is 0 Å². The molecule has 2 unspecified atom stereocenters. The Labute approximate surface area is 119 Å². The Balaban J connectivity index is 2.01. The number of aliphatic hydroxyl groups excluding tert-OH is 1. The molecule has 1 aromatic rings. The Hall–Kier alpha value is -1.36. The van der Waals surface area contributed by atoms with Crippen molar-refractivity contribution in [3.05, 3.63) is 17.5 Å². The fraction of sp³-hybridized carbons (Fsp3) is 0.733. The Kier molecular flexibility index (Phi) is 4.18. The second-order valence-electron chi connectivity index (χ2n) is 6.77. The van der Waals surface area contributed by atoms with Gasteiger partial charge >= 0.3 is 0 Å². The number of hydrogen-bond acceptors (Lipinski definition) is 4. The second kappa shape index (κ2) is 5.56. The van der Waals surface area contributed by atoms with Gasteiger partial charge in [-0.05, 0) is 12.8 Å². The minimum absolute atomic E-state index is 0.150. The van der Waals surface area contributed by atoms with Gasteiger partial charge in [-0.2, -0.15) is 0 Å². The number of hydrogen-bond donors (Lipinski definition) is 1. The van der Waals surface area contributed by atoms with Crippen LogP contribution >= 0.6 is 0 Å². The highest BCUT2D eigenvalue weighted by atomic mass is 16.5. The van der Waals surface area contributed by atoms with E-state index in [2.05, 4.69) is 5.16 Å². The first-order valence-corrected chi connectivity index (χ1v) is 7.20. The van der Waals surface area contributed by atoms with Crippen LogP contribution in [0.15, 0.2) is 10.6 Å². The predicted octanol–water partition coefficient (Wildman–Crippen LogP) is 2.21. The molecule has 2 rings (SSSR count). The molecule has 1 N–H and O–H groups in total. The largest absolute Gasteiger partial charge is 0.393 e. The maximum absolute atomic E-state index is 12.3. The van der Waals surface area contributed by atoms with E-state index in [1.807, 2.05) is 20.8 Å². The summed E-state index contributed by atoms with van der Waals surface area (Å²) in [6, 6.07) is 1.71. The van der Waals surface area contributed by atoms with Crippen LogP contribution in [0.1, 0.15) is 56.3 Å². The lowest BCUT2D eigenvalue weighted by molar-refractivity contribution is 0.0684. The number of aliphatic hydroxyl groups is 1. The zero-order valence-electron chi connectivity index (χ0n) is 12.7. The molecule has 20 heavy (non-hydrogen) atoms. The smallest absolute Gasteiger partial charge is 0.275 e. The SMILES string of the molecule is CN(CC1CCCC1O)C(=O)c1cc(C(C)(C)C)on1. The number of carbonyl (C=O) groups excluding carboxylic acids is 1. The molecular weight excluding hydrogens is 256 g/mol. The topological polar surface area (TPSA) is 66.6 Å². The van der Waals surface area contributed by atoms with Gasteiger partial charge in [-0.15, -0.1) is 0 Å². The summed E-state index contributed by atoms with van der Waals surface area (Å²) < 4.78 is 5.24. The Bertz CT molecular complexity index is 476. The van der Waals surface area contributed by atoms with Crippen molar-refractivity contribution < 1.29 is 14.4 Å². The predicted molar refractivity (Wildman–Crippen MR) is 75.5 cm³/mol. The van der Waals surface area contributed by atoms with E-state index in [4.69, 9.17) is 4.52 Å². The monoisotopic (exact) mass is 280 g/mol. The molecule has 1 aromatic heterocycles. The van der Waals surface area contributed by atoms with Gasteiger partial charge in [-0.1, -0.05) is 32.3 Å². The van der Waals surface area contributed by atoms with Gasteiger partial charge in [0.1, 0.15) is 5.76 Å². The fourth-order valence-electron chi connectivity index (χ4n) is 2.59. The molecule has 5 nitrogen and oxygen atoms in total. The molecule has 0 spiro atoms. The van der Waals surface area contributed by atoms with Gasteiger partial charge in [0.15, 0.2) is 5.69 Å². The van der Waals surface area contributed by atoms with Crippen molar-refractivity contribution in [2.45, 2.75) is 51.6 Å². The van der Waals surface area contributed by atoms with Gasteiger partial charge in [-0.25, -0.2) is 0 Å². The van der Waals surface area contributed by atoms with Crippen molar-refractivity contribution >= 4 is 5.91 Å². The highest BCUT2D eigenvalue weighted by molar-refractivity contribution is 5.92. The summed E-state index contributed by atoms with van der Waals surface area (Å²) in [5.41, 5.74) is 0.177. The molecule has 5 heteroatoms. The zero-order valence-corrected chi connectivity index (χ0v) is 12.7. The molecule has 1 fully saturated rings. The lowest BCUT2D eigenvalue weighted by Crippen LogP contribution is -2.34. The van der Waals surface area contributed by atoms with Crippen LogP contribution in [0.2, 0.25) is 0 Å². The first-order chi connectivity index (χ1) is 9.29. The van der Waals surface area contributed by atoms with Crippen LogP contribution in [0.25, 0.3) is 0 Å². The molecule has 1 aliphatic rings. The van der Waals surface area contributed by atoms with Gasteiger partial charge in [0, 0.05) is 31.0 Å². The Morgan fingerprint density at radius 1 is 1.50 bits per heavy atom. The van der Waals surface area contributed by atoms with Crippen molar-refractivity contribution in [2.75, 3.05) is 13.6 Å². The van der Waals surface area contributed by atoms with Crippen molar-refractivity contribution in [3.63, 3.8) is 0 Å². The molecule has 0 aromatic carbocycles. The molecule has 1 heterocycles. The van der Waals surface area contributed by atoms with E-state index < -0.39 is 0 Å². The van der Waals surface area contributed by atoms with Crippen LogP contribution in [-0.2, 0) is 5.41 Å². The minimum Gasteiger partial charge on any atom is -0.393 e. The highest BCUT2D eigenvalue weighted by Gasteiger charge is 2.29. The van der Waals surface area contributed by atoms with E-state index in [1.165, 1.54) is 0 Å². The quantitative estimate of drug-likeness (QED) is 0.921. The number of amides is 1. The number of carbonyl (C=O) groups is 1. The van der Waals surface area contributed by atoms with Gasteiger partial charge in [0.05, 0.1) is 6.10 Å². The van der Waals surface area contributed by atoms with Crippen molar-refractivity contribution in [3.8, 4) is 0 Å². The van der Waals surface area contributed by atoms with E-state index >= 15 is 0 Å². The van der Waals surface area contributed by atoms with Crippen molar-refractivity contribution in [1.29, 1.82) is 0 Å². The normalized spacial score (nSPS) is 23.1. The van der Waals surface area contributed by atoms with Gasteiger partial charge in [0.2, 0.25) is 0 Å². The van der Waals surface area contributed by atoms with E-state index in [-0.39, 0.29) is 23.3 Å². The molecule has 1 aliphatic carbocycles. The summed E-state index contributed by atoms with van der Waals surface area (Å²) in [6.07, 6.45) is 2.56. The summed E-state index contributed by atoms with van der Waals surface area (Å²) in [6.45, 7) is 6.61. The maximum atomic E-state index is 12.3. The molecule has 1 amide bonds. The zero-order chi connectivity index (χ0) is 14.9. The average Bonchev–Trinajstić information content (AvgIpc) is 2.97. The third-order valence-electron chi connectivity index (χ3n) is 3.94. The average molecular weight is 280 g/mol. The van der Waals surface area contributed by atoms with Crippen LogP contribution in [-0.4, -0.2) is 40.8 Å². The third kappa shape index (κ3) is 3.20. The molecule has 1 saturated carbocycles. The number of rotatable bonds is 3. The minimum atomic E-state index is -0.285. The number of nitrogens with zero attached hydrogens (tertiary/aromatic N) is 2. The van der Waals surface area contributed by atoms with Crippen LogP contribution in [0.4, 0.5) is 0 Å². The summed E-state index contributed by atoms with van der Waals surface area (Å²) in [5, 5.41) is 13.7. The van der Waals surface area contributed by atoms with Crippen molar-refractivity contribution in [2.24, 2.45) is 5.92 Å². The maximum Gasteiger partial charge on any atom is 0.275 e. The summed E-state index contributed by atoms with van der Waals surface area (Å²) in [5.74, 6) is 0.733. The summed E-state index contributed by atoms with van der Waals surface area (Å²) in [7, 11) is 1.75. The van der Waals surface area contributed by atoms with Crippen LogP contribution in [0, 0.1) is 5.92 Å². The summed E-state index contributed by atoms with van der Waals surface area (Å²) >= 11 is 0. The molecule has 0 saturated heterocycles. The molecule has 0 bridgehead atoms. The summed E-state index contributed by atoms with van der Waals surface area (Å²) in [4.78, 5) is 13.9. The van der Waals surface area contributed by atoms with E-state index in [0.29, 0.717) is 18.0 Å². The number of aromatic nitrogens is 1. The molecule has 0 aliphatic heterocycles. The molecular formula is C15H24N2O3. The lowest BCUT2D eigenvalue weighted by atomic mass is 9.93. The van der Waals surface area contributed by atoms with Crippen LogP contribution in [0.3, 0.4) is 0 Å². The van der Waals surface area contributed by atoms with E-state index in [9.17, 15) is 9.90 Å². The Morgan fingerprint density at radius 3 is 2.70 bits per heavy atom. The standard InChI is InChI=1S/C15H24N2O3/c1-15(2,3)13-8-11(16-20-13)14(19)17(4)9-10-6-5-7-12(10)18/h8,10,12,18H,5-7,9H2,1-4H3. The van der Waals surface area contributed by atoms with Gasteiger partial charge in [-0.3, -0.25) is 4.79 Å². The molecule has 112 valence electrons. The molecule has 0 radical (unpaired) electrons. The lowest BCUT2D eigenvalue weighted by Gasteiger charge is -2.22. The first kappa shape index (κ1) is 15.0. The third-order valence-corrected chi connectivity index (χ3v) is 3.94. The Morgan fingerprint density at radius 2 is 2.20 bits per heavy atom. The fourth-order valence-corrected chi connectivity index (χ4v) is 2.59. The van der Waals surface area contributed by atoms with Gasteiger partial charge in [0.25, 0.3) is 5.91 Å². The van der Waals surface area contributed by atoms with Crippen molar-refractivity contribution in [1.82, 2.24) is 10.1 Å². The molecule has 2 atom stereocenters.